The summed E-state index contributed by atoms with van der Waals surface area (Å²) in [6, 6.07) is 2.97. The Labute approximate surface area is 93.0 Å². The van der Waals surface area contributed by atoms with Crippen LogP contribution in [0.4, 0.5) is 0 Å². The van der Waals surface area contributed by atoms with Gasteiger partial charge in [0.25, 0.3) is 10.0 Å². The van der Waals surface area contributed by atoms with Gasteiger partial charge in [0.15, 0.2) is 5.03 Å². The highest BCUT2D eigenvalue weighted by atomic mass is 32.2. The predicted molar refractivity (Wildman–Crippen MR) is 59.1 cm³/mol. The maximum absolute atomic E-state index is 11.3. The molecule has 1 aromatic heterocycles. The molecule has 3 N–H and O–H groups in total. The molecule has 0 fully saturated rings. The zero-order valence-corrected chi connectivity index (χ0v) is 9.05. The van der Waals surface area contributed by atoms with E-state index >= 15 is 0 Å². The van der Waals surface area contributed by atoms with Gasteiger partial charge < -0.3 is 5.32 Å². The number of nitrogens with one attached hydrogen (secondary N) is 1. The van der Waals surface area contributed by atoms with E-state index in [4.69, 9.17) is 5.14 Å². The maximum Gasteiger partial charge on any atom is 0.255 e. The van der Waals surface area contributed by atoms with Crippen LogP contribution in [0.25, 0.3) is 0 Å². The number of sulfonamides is 1. The Morgan fingerprint density at radius 2 is 2.25 bits per heavy atom. The first-order valence-electron chi connectivity index (χ1n) is 4.51. The zero-order valence-electron chi connectivity index (χ0n) is 8.24. The first-order chi connectivity index (χ1) is 7.59. The van der Waals surface area contributed by atoms with Crippen molar-refractivity contribution < 1.29 is 8.42 Å². The van der Waals surface area contributed by atoms with E-state index in [9.17, 15) is 8.42 Å². The van der Waals surface area contributed by atoms with E-state index in [-0.39, 0.29) is 11.1 Å². The Morgan fingerprint density at radius 3 is 2.88 bits per heavy atom. The lowest BCUT2D eigenvalue weighted by molar-refractivity contribution is 0.590. The van der Waals surface area contributed by atoms with Gasteiger partial charge >= 0.3 is 0 Å². The molecule has 0 spiro atoms. The van der Waals surface area contributed by atoms with Gasteiger partial charge in [-0.3, -0.25) is 4.99 Å². The summed E-state index contributed by atoms with van der Waals surface area (Å²) in [4.78, 5) is 7.71. The molecule has 0 aliphatic carbocycles. The van der Waals surface area contributed by atoms with Gasteiger partial charge in [0.05, 0.1) is 6.04 Å². The number of aliphatic imine (C=N–C) groups is 1. The average Bonchev–Trinajstić information content (AvgIpc) is 2.29. The van der Waals surface area contributed by atoms with Crippen molar-refractivity contribution >= 4 is 16.2 Å². The topological polar surface area (TPSA) is 97.4 Å². The monoisotopic (exact) mass is 238 g/mol. The van der Waals surface area contributed by atoms with Crippen molar-refractivity contribution in [1.29, 1.82) is 0 Å². The summed E-state index contributed by atoms with van der Waals surface area (Å²) >= 11 is 0. The molecular formula is C9H10N4O2S. The van der Waals surface area contributed by atoms with Crippen LogP contribution in [0.1, 0.15) is 11.6 Å². The van der Waals surface area contributed by atoms with E-state index in [1.54, 1.807) is 30.7 Å². The van der Waals surface area contributed by atoms with Crippen LogP contribution in [0, 0.1) is 0 Å². The molecule has 16 heavy (non-hydrogen) atoms. The van der Waals surface area contributed by atoms with Gasteiger partial charge in [-0.2, -0.15) is 0 Å². The van der Waals surface area contributed by atoms with Crippen molar-refractivity contribution in [2.24, 2.45) is 10.1 Å². The second-order valence-electron chi connectivity index (χ2n) is 3.20. The van der Waals surface area contributed by atoms with Gasteiger partial charge in [-0.1, -0.05) is 6.07 Å². The van der Waals surface area contributed by atoms with E-state index in [0.29, 0.717) is 5.56 Å². The molecular weight excluding hydrogens is 228 g/mol. The number of nitrogens with zero attached hydrogens (tertiary/aromatic N) is 2. The molecule has 0 amide bonds. The van der Waals surface area contributed by atoms with Gasteiger partial charge in [0.2, 0.25) is 0 Å². The summed E-state index contributed by atoms with van der Waals surface area (Å²) < 4.78 is 22.6. The van der Waals surface area contributed by atoms with Crippen LogP contribution in [-0.2, 0) is 10.0 Å². The Hall–Kier alpha value is -1.73. The zero-order chi connectivity index (χ0) is 11.6. The first kappa shape index (κ1) is 10.8. The highest BCUT2D eigenvalue weighted by Crippen LogP contribution is 2.19. The first-order valence-corrected chi connectivity index (χ1v) is 6.06. The molecule has 1 aliphatic heterocycles. The lowest BCUT2D eigenvalue weighted by Crippen LogP contribution is -2.24. The summed E-state index contributed by atoms with van der Waals surface area (Å²) in [5.41, 5.74) is 0.484. The number of hydrogen-bond donors (Lipinski definition) is 2. The molecule has 1 atom stereocenters. The average molecular weight is 238 g/mol. The smallest absolute Gasteiger partial charge is 0.255 e. The normalized spacial score (nSPS) is 19.4. The van der Waals surface area contributed by atoms with Crippen LogP contribution >= 0.6 is 0 Å². The van der Waals surface area contributed by atoms with E-state index in [2.05, 4.69) is 15.3 Å². The van der Waals surface area contributed by atoms with Crippen LogP contribution in [0.2, 0.25) is 0 Å². The van der Waals surface area contributed by atoms with Gasteiger partial charge in [-0.15, -0.1) is 0 Å². The maximum atomic E-state index is 11.3. The molecule has 0 saturated carbocycles. The quantitative estimate of drug-likeness (QED) is 0.752. The summed E-state index contributed by atoms with van der Waals surface area (Å²) in [5, 5.41) is 7.91. The molecule has 0 saturated heterocycles. The van der Waals surface area contributed by atoms with Gasteiger partial charge in [0, 0.05) is 30.4 Å². The lowest BCUT2D eigenvalue weighted by atomic mass is 10.1. The van der Waals surface area contributed by atoms with Crippen LogP contribution < -0.4 is 10.5 Å². The van der Waals surface area contributed by atoms with Crippen molar-refractivity contribution in [3.63, 3.8) is 0 Å². The second kappa shape index (κ2) is 4.03. The third kappa shape index (κ3) is 2.10. The van der Waals surface area contributed by atoms with E-state index in [1.165, 1.54) is 6.20 Å². The molecule has 2 heterocycles. The third-order valence-electron chi connectivity index (χ3n) is 2.08. The fourth-order valence-electron chi connectivity index (χ4n) is 1.42. The van der Waals surface area contributed by atoms with Crippen LogP contribution in [0.3, 0.4) is 0 Å². The molecule has 1 aromatic rings. The Kier molecular flexibility index (Phi) is 2.71. The van der Waals surface area contributed by atoms with Crippen molar-refractivity contribution in [3.05, 3.63) is 36.3 Å². The van der Waals surface area contributed by atoms with Crippen LogP contribution in [0.15, 0.2) is 40.7 Å². The summed E-state index contributed by atoms with van der Waals surface area (Å²) in [6.07, 6.45) is 6.18. The highest BCUT2D eigenvalue weighted by molar-refractivity contribution is 7.89. The number of rotatable bonds is 2. The number of aromatic nitrogens is 1. The molecule has 7 heteroatoms. The molecule has 2 rings (SSSR count). The van der Waals surface area contributed by atoms with Crippen molar-refractivity contribution in [2.45, 2.75) is 11.1 Å². The SMILES string of the molecule is NS(=O)(=O)c1ncccc1C1C=NC=CN1. The minimum absolute atomic E-state index is 0.130. The summed E-state index contributed by atoms with van der Waals surface area (Å²) in [6.45, 7) is 0. The standard InChI is InChI=1S/C9H10N4O2S/c10-16(14,15)9-7(2-1-3-13-9)8-6-11-4-5-12-8/h1-6,8,12H,(H2,10,14,15). The second-order valence-corrected chi connectivity index (χ2v) is 4.68. The molecule has 6 nitrogen and oxygen atoms in total. The molecule has 84 valence electrons. The molecule has 0 bridgehead atoms. The Bertz CT molecular complexity index is 550. The molecule has 0 radical (unpaired) electrons. The number of hydrogen-bond acceptors (Lipinski definition) is 5. The lowest BCUT2D eigenvalue weighted by Gasteiger charge is -2.16. The number of primary sulfonamides is 1. The van der Waals surface area contributed by atoms with E-state index in [0.717, 1.165) is 0 Å². The number of nitrogens with two attached hydrogens (primary N) is 1. The minimum atomic E-state index is -3.82. The number of pyridine rings is 1. The van der Waals surface area contributed by atoms with E-state index in [1.807, 2.05) is 0 Å². The fraction of sp³-hybridized carbons (Fsp3) is 0.111. The van der Waals surface area contributed by atoms with Gasteiger partial charge in [0.1, 0.15) is 0 Å². The Balaban J connectivity index is 2.49. The molecule has 0 aromatic carbocycles. The van der Waals surface area contributed by atoms with Crippen LogP contribution in [-0.4, -0.2) is 19.6 Å². The minimum Gasteiger partial charge on any atom is -0.378 e. The third-order valence-corrected chi connectivity index (χ3v) is 2.96. The van der Waals surface area contributed by atoms with Gasteiger partial charge in [-0.05, 0) is 6.07 Å². The predicted octanol–water partition coefficient (Wildman–Crippen LogP) is -0.0847. The summed E-state index contributed by atoms with van der Waals surface area (Å²) in [5.74, 6) is 0. The fourth-order valence-corrected chi connectivity index (χ4v) is 2.15. The van der Waals surface area contributed by atoms with Crippen molar-refractivity contribution in [3.8, 4) is 0 Å². The van der Waals surface area contributed by atoms with Gasteiger partial charge in [-0.25, -0.2) is 18.5 Å². The van der Waals surface area contributed by atoms with Crippen LogP contribution in [0.5, 0.6) is 0 Å². The van der Waals surface area contributed by atoms with Crippen molar-refractivity contribution in [1.82, 2.24) is 10.3 Å². The Morgan fingerprint density at radius 1 is 1.44 bits per heavy atom. The molecule has 1 aliphatic rings. The summed E-state index contributed by atoms with van der Waals surface area (Å²) in [7, 11) is -3.82. The largest absolute Gasteiger partial charge is 0.378 e. The van der Waals surface area contributed by atoms with E-state index < -0.39 is 10.0 Å². The highest BCUT2D eigenvalue weighted by Gasteiger charge is 2.20. The molecule has 1 unspecified atom stereocenters. The van der Waals surface area contributed by atoms with Crippen molar-refractivity contribution in [2.75, 3.05) is 0 Å².